The zero-order valence-corrected chi connectivity index (χ0v) is 9.33. The molecule has 2 atom stereocenters. The molecule has 2 nitrogen and oxygen atoms in total. The van der Waals surface area contributed by atoms with E-state index in [1.165, 1.54) is 4.88 Å². The number of aliphatic hydroxyl groups is 1. The number of thiophene rings is 1. The van der Waals surface area contributed by atoms with Crippen LogP contribution in [-0.2, 0) is 0 Å². The number of β-amino-alcohol motifs (C(OH)–C–C–N with tert-alkyl or cyclic N) is 1. The number of hydrogen-bond acceptors (Lipinski definition) is 3. The van der Waals surface area contributed by atoms with Crippen molar-refractivity contribution in [3.63, 3.8) is 0 Å². The lowest BCUT2D eigenvalue weighted by atomic mass is 10.1. The molecule has 0 bridgehead atoms. The van der Waals surface area contributed by atoms with E-state index in [0.717, 1.165) is 25.9 Å². The molecule has 0 amide bonds. The van der Waals surface area contributed by atoms with Gasteiger partial charge in [0.2, 0.25) is 0 Å². The van der Waals surface area contributed by atoms with Gasteiger partial charge in [0.1, 0.15) is 0 Å². The number of aliphatic hydroxyl groups excluding tert-OH is 1. The van der Waals surface area contributed by atoms with Gasteiger partial charge < -0.3 is 5.11 Å². The summed E-state index contributed by atoms with van der Waals surface area (Å²) in [5.41, 5.74) is 0. The minimum atomic E-state index is -0.119. The molecular formula is C11H17NOS. The Morgan fingerprint density at radius 3 is 3.14 bits per heavy atom. The van der Waals surface area contributed by atoms with E-state index in [4.69, 9.17) is 0 Å². The van der Waals surface area contributed by atoms with Gasteiger partial charge in [0.05, 0.1) is 6.10 Å². The lowest BCUT2D eigenvalue weighted by Crippen LogP contribution is -2.39. The van der Waals surface area contributed by atoms with Crippen LogP contribution in [0.2, 0.25) is 0 Å². The molecule has 0 spiro atoms. The van der Waals surface area contributed by atoms with E-state index in [1.807, 2.05) is 0 Å². The highest BCUT2D eigenvalue weighted by Crippen LogP contribution is 2.27. The fourth-order valence-corrected chi connectivity index (χ4v) is 2.86. The fraction of sp³-hybridized carbons (Fsp3) is 0.636. The first-order valence-corrected chi connectivity index (χ1v) is 6.11. The van der Waals surface area contributed by atoms with Gasteiger partial charge in [0.15, 0.2) is 0 Å². The first-order chi connectivity index (χ1) is 6.77. The maximum Gasteiger partial charge on any atom is 0.0667 e. The molecule has 0 saturated carbocycles. The molecule has 1 N–H and O–H groups in total. The molecular weight excluding hydrogens is 194 g/mol. The SMILES string of the molecule is CC(c1cccs1)N1CCC[C@H](O)C1. The molecule has 0 aromatic carbocycles. The van der Waals surface area contributed by atoms with Gasteiger partial charge in [-0.2, -0.15) is 0 Å². The number of hydrogen-bond donors (Lipinski definition) is 1. The highest BCUT2D eigenvalue weighted by atomic mass is 32.1. The highest BCUT2D eigenvalue weighted by molar-refractivity contribution is 7.10. The number of nitrogens with zero attached hydrogens (tertiary/aromatic N) is 1. The molecule has 1 fully saturated rings. The molecule has 3 heteroatoms. The van der Waals surface area contributed by atoms with Crippen molar-refractivity contribution in [2.75, 3.05) is 13.1 Å². The molecule has 1 aliphatic heterocycles. The monoisotopic (exact) mass is 211 g/mol. The Morgan fingerprint density at radius 2 is 2.50 bits per heavy atom. The average Bonchev–Trinajstić information content (AvgIpc) is 2.69. The molecule has 0 radical (unpaired) electrons. The molecule has 2 rings (SSSR count). The summed E-state index contributed by atoms with van der Waals surface area (Å²) in [7, 11) is 0. The van der Waals surface area contributed by atoms with Crippen molar-refractivity contribution in [3.05, 3.63) is 22.4 Å². The molecule has 1 aromatic heterocycles. The predicted molar refractivity (Wildman–Crippen MR) is 59.5 cm³/mol. The summed E-state index contributed by atoms with van der Waals surface area (Å²) in [5, 5.41) is 11.7. The molecule has 0 aliphatic carbocycles. The number of likely N-dealkylation sites (tertiary alicyclic amines) is 1. The van der Waals surface area contributed by atoms with Gasteiger partial charge in [-0.15, -0.1) is 11.3 Å². The van der Waals surface area contributed by atoms with Gasteiger partial charge in [0.25, 0.3) is 0 Å². The summed E-state index contributed by atoms with van der Waals surface area (Å²) in [4.78, 5) is 3.78. The molecule has 1 saturated heterocycles. The Labute approximate surface area is 89.2 Å². The zero-order valence-electron chi connectivity index (χ0n) is 8.52. The summed E-state index contributed by atoms with van der Waals surface area (Å²) in [6, 6.07) is 4.73. The van der Waals surface area contributed by atoms with Crippen LogP contribution in [0, 0.1) is 0 Å². The van der Waals surface area contributed by atoms with E-state index in [2.05, 4.69) is 29.3 Å². The fourth-order valence-electron chi connectivity index (χ4n) is 2.04. The van der Waals surface area contributed by atoms with Gasteiger partial charge >= 0.3 is 0 Å². The highest BCUT2D eigenvalue weighted by Gasteiger charge is 2.23. The largest absolute Gasteiger partial charge is 0.392 e. The van der Waals surface area contributed by atoms with E-state index < -0.39 is 0 Å². The van der Waals surface area contributed by atoms with Crippen LogP contribution < -0.4 is 0 Å². The normalized spacial score (nSPS) is 26.3. The van der Waals surface area contributed by atoms with Crippen LogP contribution in [-0.4, -0.2) is 29.2 Å². The second-order valence-electron chi connectivity index (χ2n) is 3.98. The minimum Gasteiger partial charge on any atom is -0.392 e. The van der Waals surface area contributed by atoms with E-state index >= 15 is 0 Å². The van der Waals surface area contributed by atoms with Crippen molar-refractivity contribution < 1.29 is 5.11 Å². The Balaban J connectivity index is 2.00. The third-order valence-corrected chi connectivity index (χ3v) is 3.97. The zero-order chi connectivity index (χ0) is 9.97. The predicted octanol–water partition coefficient (Wildman–Crippen LogP) is 2.27. The summed E-state index contributed by atoms with van der Waals surface area (Å²) in [5.74, 6) is 0. The van der Waals surface area contributed by atoms with Crippen LogP contribution in [0.25, 0.3) is 0 Å². The Bertz CT molecular complexity index is 273. The number of piperidine rings is 1. The van der Waals surface area contributed by atoms with Crippen LogP contribution in [0.3, 0.4) is 0 Å². The Hall–Kier alpha value is -0.380. The first-order valence-electron chi connectivity index (χ1n) is 5.23. The summed E-state index contributed by atoms with van der Waals surface area (Å²) >= 11 is 1.80. The van der Waals surface area contributed by atoms with E-state index in [-0.39, 0.29) is 6.10 Å². The van der Waals surface area contributed by atoms with Crippen molar-refractivity contribution in [2.45, 2.75) is 31.9 Å². The van der Waals surface area contributed by atoms with E-state index in [9.17, 15) is 5.11 Å². The molecule has 1 aromatic rings. The van der Waals surface area contributed by atoms with Crippen molar-refractivity contribution in [3.8, 4) is 0 Å². The second kappa shape index (κ2) is 4.43. The molecule has 1 unspecified atom stereocenters. The third kappa shape index (κ3) is 2.16. The van der Waals surface area contributed by atoms with Crippen molar-refractivity contribution in [1.82, 2.24) is 4.90 Å². The van der Waals surface area contributed by atoms with Crippen LogP contribution in [0.5, 0.6) is 0 Å². The average molecular weight is 211 g/mol. The van der Waals surface area contributed by atoms with Crippen molar-refractivity contribution in [1.29, 1.82) is 0 Å². The van der Waals surface area contributed by atoms with Gasteiger partial charge in [0, 0.05) is 17.5 Å². The van der Waals surface area contributed by atoms with E-state index in [1.54, 1.807) is 11.3 Å². The lowest BCUT2D eigenvalue weighted by molar-refractivity contribution is 0.0511. The maximum atomic E-state index is 9.59. The number of rotatable bonds is 2. The molecule has 14 heavy (non-hydrogen) atoms. The van der Waals surface area contributed by atoms with Crippen LogP contribution in [0.1, 0.15) is 30.7 Å². The summed E-state index contributed by atoms with van der Waals surface area (Å²) in [6.07, 6.45) is 1.97. The maximum absolute atomic E-state index is 9.59. The minimum absolute atomic E-state index is 0.119. The van der Waals surface area contributed by atoms with Crippen molar-refractivity contribution >= 4 is 11.3 Å². The van der Waals surface area contributed by atoms with Crippen molar-refractivity contribution in [2.24, 2.45) is 0 Å². The smallest absolute Gasteiger partial charge is 0.0667 e. The van der Waals surface area contributed by atoms with Gasteiger partial charge in [-0.1, -0.05) is 6.07 Å². The topological polar surface area (TPSA) is 23.5 Å². The van der Waals surface area contributed by atoms with Crippen LogP contribution in [0.15, 0.2) is 17.5 Å². The summed E-state index contributed by atoms with van der Waals surface area (Å²) in [6.45, 7) is 4.18. The lowest BCUT2D eigenvalue weighted by Gasteiger charge is -2.34. The Kier molecular flexibility index (Phi) is 3.21. The summed E-state index contributed by atoms with van der Waals surface area (Å²) < 4.78 is 0. The second-order valence-corrected chi connectivity index (χ2v) is 4.96. The molecule has 78 valence electrons. The van der Waals surface area contributed by atoms with Gasteiger partial charge in [-0.05, 0) is 37.8 Å². The van der Waals surface area contributed by atoms with Crippen LogP contribution in [0.4, 0.5) is 0 Å². The van der Waals surface area contributed by atoms with Gasteiger partial charge in [-0.3, -0.25) is 4.90 Å². The van der Waals surface area contributed by atoms with E-state index in [0.29, 0.717) is 6.04 Å². The van der Waals surface area contributed by atoms with Gasteiger partial charge in [-0.25, -0.2) is 0 Å². The molecule has 1 aliphatic rings. The first kappa shape index (κ1) is 10.1. The Morgan fingerprint density at radius 1 is 1.64 bits per heavy atom. The standard InChI is InChI=1S/C11H17NOS/c1-9(11-5-3-7-14-11)12-6-2-4-10(13)8-12/h3,5,7,9-10,13H,2,4,6,8H2,1H3/t9?,10-/m0/s1. The third-order valence-electron chi connectivity index (χ3n) is 2.93. The molecule has 2 heterocycles. The quantitative estimate of drug-likeness (QED) is 0.811. The van der Waals surface area contributed by atoms with Crippen LogP contribution >= 0.6 is 11.3 Å².